The van der Waals surface area contributed by atoms with E-state index in [4.69, 9.17) is 10.00 Å². The van der Waals surface area contributed by atoms with Crippen LogP contribution in [-0.4, -0.2) is 23.6 Å². The van der Waals surface area contributed by atoms with Gasteiger partial charge in [-0.2, -0.15) is 5.26 Å². The minimum absolute atomic E-state index is 0.00152. The molecule has 0 aliphatic heterocycles. The highest BCUT2D eigenvalue weighted by molar-refractivity contribution is 7.14. The van der Waals surface area contributed by atoms with Crippen molar-refractivity contribution in [2.24, 2.45) is 0 Å². The average Bonchev–Trinajstić information content (AvgIpc) is 2.94. The summed E-state index contributed by atoms with van der Waals surface area (Å²) < 4.78 is 4.86. The van der Waals surface area contributed by atoms with Crippen LogP contribution >= 0.6 is 11.3 Å². The number of ether oxygens (including phenoxy) is 1. The first-order valence-corrected chi connectivity index (χ1v) is 7.13. The Hall–Kier alpha value is -2.85. The molecule has 0 atom stereocenters. The maximum atomic E-state index is 11.8. The summed E-state index contributed by atoms with van der Waals surface area (Å²) in [5.74, 6) is -1.55. The van der Waals surface area contributed by atoms with Crippen molar-refractivity contribution < 1.29 is 19.4 Å². The molecule has 0 saturated carbocycles. The number of aryl methyl sites for hydroxylation is 1. The number of thiophene rings is 1. The molecule has 112 valence electrons. The monoisotopic (exact) mass is 316 g/mol. The standard InChI is InChI=1S/C15H12N2O4S/c1-9-2-3-12(18)11(6-9)15(20)21-8-13(19)17-14-10(7-16)4-5-22-14/h2-6,18H,8H2,1H3,(H,17,19). The van der Waals surface area contributed by atoms with E-state index in [0.717, 1.165) is 5.56 Å². The second-order valence-corrected chi connectivity index (χ2v) is 5.34. The van der Waals surface area contributed by atoms with Crippen LogP contribution in [0.5, 0.6) is 5.75 Å². The van der Waals surface area contributed by atoms with Gasteiger partial charge in [0.25, 0.3) is 5.91 Å². The number of anilines is 1. The third kappa shape index (κ3) is 3.62. The molecule has 6 nitrogen and oxygen atoms in total. The van der Waals surface area contributed by atoms with Crippen LogP contribution in [-0.2, 0) is 9.53 Å². The Balaban J connectivity index is 1.95. The molecule has 2 N–H and O–H groups in total. The van der Waals surface area contributed by atoms with E-state index in [-0.39, 0.29) is 11.3 Å². The van der Waals surface area contributed by atoms with Crippen LogP contribution in [0.1, 0.15) is 21.5 Å². The Morgan fingerprint density at radius 3 is 2.91 bits per heavy atom. The molecule has 0 aliphatic rings. The number of nitriles is 1. The van der Waals surface area contributed by atoms with Crippen molar-refractivity contribution in [2.45, 2.75) is 6.92 Å². The predicted octanol–water partition coefficient (Wildman–Crippen LogP) is 2.43. The third-order valence-corrected chi connectivity index (χ3v) is 3.57. The fraction of sp³-hybridized carbons (Fsp3) is 0.133. The molecule has 1 heterocycles. The van der Waals surface area contributed by atoms with Gasteiger partial charge in [-0.15, -0.1) is 11.3 Å². The summed E-state index contributed by atoms with van der Waals surface area (Å²) in [6.07, 6.45) is 0. The van der Waals surface area contributed by atoms with Gasteiger partial charge >= 0.3 is 5.97 Å². The van der Waals surface area contributed by atoms with Gasteiger partial charge in [-0.3, -0.25) is 4.79 Å². The molecule has 1 aromatic heterocycles. The third-order valence-electron chi connectivity index (χ3n) is 2.74. The number of aromatic hydroxyl groups is 1. The van der Waals surface area contributed by atoms with Crippen LogP contribution in [0, 0.1) is 18.3 Å². The maximum absolute atomic E-state index is 11.8. The summed E-state index contributed by atoms with van der Waals surface area (Å²) in [6.45, 7) is 1.26. The number of phenols is 1. The van der Waals surface area contributed by atoms with Crippen molar-refractivity contribution in [3.05, 3.63) is 46.3 Å². The van der Waals surface area contributed by atoms with Crippen molar-refractivity contribution >= 4 is 28.2 Å². The molecule has 1 amide bonds. The zero-order valence-electron chi connectivity index (χ0n) is 11.6. The lowest BCUT2D eigenvalue weighted by Crippen LogP contribution is -2.20. The molecule has 1 aromatic carbocycles. The van der Waals surface area contributed by atoms with Crippen LogP contribution in [0.3, 0.4) is 0 Å². The predicted molar refractivity (Wildman–Crippen MR) is 80.8 cm³/mol. The number of benzene rings is 1. The van der Waals surface area contributed by atoms with Gasteiger partial charge in [0.2, 0.25) is 0 Å². The number of nitrogens with one attached hydrogen (secondary N) is 1. The van der Waals surface area contributed by atoms with Crippen molar-refractivity contribution in [3.63, 3.8) is 0 Å². The van der Waals surface area contributed by atoms with E-state index in [2.05, 4.69) is 5.32 Å². The van der Waals surface area contributed by atoms with Crippen LogP contribution in [0.25, 0.3) is 0 Å². The fourth-order valence-electron chi connectivity index (χ4n) is 1.68. The van der Waals surface area contributed by atoms with E-state index in [1.165, 1.54) is 23.5 Å². The van der Waals surface area contributed by atoms with E-state index >= 15 is 0 Å². The number of carbonyl (C=O) groups is 2. The van der Waals surface area contributed by atoms with Crippen LogP contribution < -0.4 is 5.32 Å². The zero-order valence-corrected chi connectivity index (χ0v) is 12.4. The van der Waals surface area contributed by atoms with Gasteiger partial charge in [0.05, 0.1) is 5.56 Å². The molecule has 0 spiro atoms. The highest BCUT2D eigenvalue weighted by Gasteiger charge is 2.15. The maximum Gasteiger partial charge on any atom is 0.342 e. The molecule has 0 bridgehead atoms. The summed E-state index contributed by atoms with van der Waals surface area (Å²) in [5, 5.41) is 23.0. The Kier molecular flexibility index (Phi) is 4.76. The van der Waals surface area contributed by atoms with E-state index in [9.17, 15) is 14.7 Å². The van der Waals surface area contributed by atoms with Gasteiger partial charge in [0.1, 0.15) is 22.4 Å². The molecule has 0 saturated heterocycles. The van der Waals surface area contributed by atoms with Crippen LogP contribution in [0.15, 0.2) is 29.6 Å². The number of carbonyl (C=O) groups excluding carboxylic acids is 2. The van der Waals surface area contributed by atoms with E-state index in [1.807, 2.05) is 6.07 Å². The minimum Gasteiger partial charge on any atom is -0.507 e. The number of amides is 1. The second-order valence-electron chi connectivity index (χ2n) is 4.42. The van der Waals surface area contributed by atoms with Gasteiger partial charge in [0.15, 0.2) is 6.61 Å². The van der Waals surface area contributed by atoms with Gasteiger partial charge in [-0.25, -0.2) is 4.79 Å². The summed E-state index contributed by atoms with van der Waals surface area (Å²) in [7, 11) is 0. The van der Waals surface area contributed by atoms with Gasteiger partial charge in [-0.1, -0.05) is 11.6 Å². The molecule has 0 aliphatic carbocycles. The summed E-state index contributed by atoms with van der Waals surface area (Å²) in [6, 6.07) is 8.03. The van der Waals surface area contributed by atoms with Crippen LogP contribution in [0.2, 0.25) is 0 Å². The van der Waals surface area contributed by atoms with E-state index in [1.54, 1.807) is 24.4 Å². The molecule has 22 heavy (non-hydrogen) atoms. The molecule has 0 radical (unpaired) electrons. The van der Waals surface area contributed by atoms with Gasteiger partial charge in [-0.05, 0) is 30.5 Å². The highest BCUT2D eigenvalue weighted by Crippen LogP contribution is 2.22. The topological polar surface area (TPSA) is 99.4 Å². The lowest BCUT2D eigenvalue weighted by atomic mass is 10.1. The van der Waals surface area contributed by atoms with Crippen molar-refractivity contribution in [2.75, 3.05) is 11.9 Å². The molecule has 2 aromatic rings. The van der Waals surface area contributed by atoms with Crippen LogP contribution in [0.4, 0.5) is 5.00 Å². The summed E-state index contributed by atoms with van der Waals surface area (Å²) in [5.41, 5.74) is 1.13. The van der Waals surface area contributed by atoms with Gasteiger partial charge in [0, 0.05) is 0 Å². The minimum atomic E-state index is -0.789. The SMILES string of the molecule is Cc1ccc(O)c(C(=O)OCC(=O)Nc2sccc2C#N)c1. The smallest absolute Gasteiger partial charge is 0.342 e. The van der Waals surface area contributed by atoms with Crippen molar-refractivity contribution in [1.82, 2.24) is 0 Å². The van der Waals surface area contributed by atoms with E-state index < -0.39 is 18.5 Å². The lowest BCUT2D eigenvalue weighted by molar-refractivity contribution is -0.119. The summed E-state index contributed by atoms with van der Waals surface area (Å²) >= 11 is 1.20. The first-order valence-electron chi connectivity index (χ1n) is 6.25. The number of esters is 1. The molecule has 7 heteroatoms. The molecule has 2 rings (SSSR count). The zero-order chi connectivity index (χ0) is 16.1. The normalized spacial score (nSPS) is 9.82. The Labute approximate surface area is 130 Å². The van der Waals surface area contributed by atoms with E-state index in [0.29, 0.717) is 10.6 Å². The number of phenolic OH excluding ortho intramolecular Hbond substituents is 1. The first kappa shape index (κ1) is 15.5. The van der Waals surface area contributed by atoms with Crippen molar-refractivity contribution in [1.29, 1.82) is 5.26 Å². The fourth-order valence-corrected chi connectivity index (χ4v) is 2.43. The number of rotatable bonds is 4. The quantitative estimate of drug-likeness (QED) is 0.844. The first-order chi connectivity index (χ1) is 10.5. The molecular weight excluding hydrogens is 304 g/mol. The Bertz CT molecular complexity index is 761. The average molecular weight is 316 g/mol. The molecule has 0 fully saturated rings. The number of hydrogen-bond donors (Lipinski definition) is 2. The Morgan fingerprint density at radius 2 is 2.18 bits per heavy atom. The van der Waals surface area contributed by atoms with Gasteiger partial charge < -0.3 is 15.2 Å². The largest absolute Gasteiger partial charge is 0.507 e. The second kappa shape index (κ2) is 6.74. The molecule has 0 unspecified atom stereocenters. The lowest BCUT2D eigenvalue weighted by Gasteiger charge is -2.07. The highest BCUT2D eigenvalue weighted by atomic mass is 32.1. The number of nitrogens with zero attached hydrogens (tertiary/aromatic N) is 1. The van der Waals surface area contributed by atoms with Crippen molar-refractivity contribution in [3.8, 4) is 11.8 Å². The molecular formula is C15H12N2O4S. The number of hydrogen-bond acceptors (Lipinski definition) is 6. The Morgan fingerprint density at radius 1 is 1.41 bits per heavy atom. The summed E-state index contributed by atoms with van der Waals surface area (Å²) in [4.78, 5) is 23.5.